The van der Waals surface area contributed by atoms with Crippen LogP contribution in [-0.2, 0) is 4.74 Å². The fourth-order valence-electron chi connectivity index (χ4n) is 1.57. The SMILES string of the molecule is CC(C)(C)OC(=O)NCCCNC(=O)c1cccc(F)c1F. The maximum Gasteiger partial charge on any atom is 0.407 e. The zero-order valence-electron chi connectivity index (χ0n) is 12.8. The summed E-state index contributed by atoms with van der Waals surface area (Å²) in [5, 5.41) is 4.98. The summed E-state index contributed by atoms with van der Waals surface area (Å²) in [6, 6.07) is 3.40. The van der Waals surface area contributed by atoms with Crippen LogP contribution in [0.1, 0.15) is 37.6 Å². The van der Waals surface area contributed by atoms with E-state index < -0.39 is 29.2 Å². The molecule has 0 saturated heterocycles. The first-order valence-corrected chi connectivity index (χ1v) is 6.90. The van der Waals surface area contributed by atoms with E-state index in [2.05, 4.69) is 10.6 Å². The molecule has 0 bridgehead atoms. The van der Waals surface area contributed by atoms with Crippen LogP contribution in [0.4, 0.5) is 13.6 Å². The molecule has 0 radical (unpaired) electrons. The lowest BCUT2D eigenvalue weighted by molar-refractivity contribution is 0.0527. The number of nitrogens with one attached hydrogen (secondary N) is 2. The van der Waals surface area contributed by atoms with Crippen molar-refractivity contribution < 1.29 is 23.1 Å². The van der Waals surface area contributed by atoms with Gasteiger partial charge in [0, 0.05) is 13.1 Å². The van der Waals surface area contributed by atoms with Gasteiger partial charge in [-0.3, -0.25) is 4.79 Å². The Balaban J connectivity index is 2.29. The number of rotatable bonds is 5. The van der Waals surface area contributed by atoms with Gasteiger partial charge in [0.25, 0.3) is 5.91 Å². The number of carbonyl (C=O) groups is 2. The average molecular weight is 314 g/mol. The van der Waals surface area contributed by atoms with Crippen LogP contribution in [0.15, 0.2) is 18.2 Å². The lowest BCUT2D eigenvalue weighted by Gasteiger charge is -2.19. The van der Waals surface area contributed by atoms with Gasteiger partial charge in [-0.05, 0) is 39.3 Å². The van der Waals surface area contributed by atoms with Crippen molar-refractivity contribution >= 4 is 12.0 Å². The fraction of sp³-hybridized carbons (Fsp3) is 0.467. The Bertz CT molecular complexity index is 542. The van der Waals surface area contributed by atoms with E-state index in [-0.39, 0.29) is 12.1 Å². The van der Waals surface area contributed by atoms with Crippen molar-refractivity contribution in [1.82, 2.24) is 10.6 Å². The molecule has 122 valence electrons. The van der Waals surface area contributed by atoms with E-state index in [1.807, 2.05) is 0 Å². The Hall–Kier alpha value is -2.18. The molecule has 0 aliphatic heterocycles. The Morgan fingerprint density at radius 3 is 2.41 bits per heavy atom. The van der Waals surface area contributed by atoms with Crippen LogP contribution in [0.5, 0.6) is 0 Å². The first kappa shape index (κ1) is 17.9. The van der Waals surface area contributed by atoms with E-state index in [9.17, 15) is 18.4 Å². The van der Waals surface area contributed by atoms with Crippen LogP contribution in [0.2, 0.25) is 0 Å². The summed E-state index contributed by atoms with van der Waals surface area (Å²) < 4.78 is 31.4. The molecule has 22 heavy (non-hydrogen) atoms. The van der Waals surface area contributed by atoms with Gasteiger partial charge in [0.1, 0.15) is 5.60 Å². The van der Waals surface area contributed by atoms with Gasteiger partial charge in [0.2, 0.25) is 0 Å². The highest BCUT2D eigenvalue weighted by atomic mass is 19.2. The molecular weight excluding hydrogens is 294 g/mol. The van der Waals surface area contributed by atoms with Crippen molar-refractivity contribution in [3.8, 4) is 0 Å². The number of halogens is 2. The number of ether oxygens (including phenoxy) is 1. The molecule has 2 N–H and O–H groups in total. The summed E-state index contributed by atoms with van der Waals surface area (Å²) in [6.45, 7) is 5.76. The second-order valence-electron chi connectivity index (χ2n) is 5.64. The standard InChI is InChI=1S/C15H20F2N2O3/c1-15(2,3)22-14(21)19-9-5-8-18-13(20)10-6-4-7-11(16)12(10)17/h4,6-7H,5,8-9H2,1-3H3,(H,18,20)(H,19,21). The largest absolute Gasteiger partial charge is 0.444 e. The van der Waals surface area contributed by atoms with Crippen LogP contribution >= 0.6 is 0 Å². The quantitative estimate of drug-likeness (QED) is 0.821. The maximum absolute atomic E-state index is 13.4. The van der Waals surface area contributed by atoms with Crippen LogP contribution in [0.3, 0.4) is 0 Å². The second kappa shape index (κ2) is 7.72. The number of alkyl carbamates (subject to hydrolysis) is 1. The normalized spacial score (nSPS) is 11.0. The lowest BCUT2D eigenvalue weighted by Crippen LogP contribution is -2.34. The molecule has 7 heteroatoms. The summed E-state index contributed by atoms with van der Waals surface area (Å²) in [7, 11) is 0. The van der Waals surface area contributed by atoms with Crippen LogP contribution in [0, 0.1) is 11.6 Å². The molecule has 0 heterocycles. The highest BCUT2D eigenvalue weighted by Crippen LogP contribution is 2.11. The Morgan fingerprint density at radius 2 is 1.77 bits per heavy atom. The van der Waals surface area contributed by atoms with Gasteiger partial charge in [-0.2, -0.15) is 0 Å². The van der Waals surface area contributed by atoms with Gasteiger partial charge in [-0.25, -0.2) is 13.6 Å². The molecule has 0 fully saturated rings. The highest BCUT2D eigenvalue weighted by molar-refractivity contribution is 5.94. The van der Waals surface area contributed by atoms with Crippen LogP contribution < -0.4 is 10.6 Å². The van der Waals surface area contributed by atoms with Crippen molar-refractivity contribution in [2.24, 2.45) is 0 Å². The third-order valence-corrected chi connectivity index (χ3v) is 2.50. The molecule has 0 saturated carbocycles. The fourth-order valence-corrected chi connectivity index (χ4v) is 1.57. The van der Waals surface area contributed by atoms with Gasteiger partial charge in [0.15, 0.2) is 11.6 Å². The van der Waals surface area contributed by atoms with E-state index in [1.54, 1.807) is 20.8 Å². The van der Waals surface area contributed by atoms with Gasteiger partial charge < -0.3 is 15.4 Å². The number of benzene rings is 1. The molecule has 5 nitrogen and oxygen atoms in total. The molecule has 0 spiro atoms. The zero-order chi connectivity index (χ0) is 16.8. The minimum atomic E-state index is -1.17. The summed E-state index contributed by atoms with van der Waals surface area (Å²) in [4.78, 5) is 23.0. The van der Waals surface area contributed by atoms with Crippen molar-refractivity contribution in [3.05, 3.63) is 35.4 Å². The first-order valence-electron chi connectivity index (χ1n) is 6.90. The molecule has 0 unspecified atom stereocenters. The second-order valence-corrected chi connectivity index (χ2v) is 5.64. The minimum Gasteiger partial charge on any atom is -0.444 e. The maximum atomic E-state index is 13.4. The molecule has 1 aromatic carbocycles. The summed E-state index contributed by atoms with van der Waals surface area (Å²) in [5.41, 5.74) is -0.923. The minimum absolute atomic E-state index is 0.213. The van der Waals surface area contributed by atoms with Crippen molar-refractivity contribution in [2.45, 2.75) is 32.8 Å². The van der Waals surface area contributed by atoms with Gasteiger partial charge in [0.05, 0.1) is 5.56 Å². The molecule has 0 aliphatic carbocycles. The monoisotopic (exact) mass is 314 g/mol. The Morgan fingerprint density at radius 1 is 1.14 bits per heavy atom. The van der Waals surface area contributed by atoms with E-state index in [1.165, 1.54) is 12.1 Å². The van der Waals surface area contributed by atoms with Gasteiger partial charge in [-0.1, -0.05) is 6.07 Å². The summed E-state index contributed by atoms with van der Waals surface area (Å²) in [5.74, 6) is -2.94. The molecule has 0 aliphatic rings. The molecule has 0 aromatic heterocycles. The highest BCUT2D eigenvalue weighted by Gasteiger charge is 2.16. The zero-order valence-corrected chi connectivity index (χ0v) is 12.8. The summed E-state index contributed by atoms with van der Waals surface area (Å²) >= 11 is 0. The Kier molecular flexibility index (Phi) is 6.27. The average Bonchev–Trinajstić information content (AvgIpc) is 2.39. The van der Waals surface area contributed by atoms with Crippen LogP contribution in [0.25, 0.3) is 0 Å². The molecule has 1 aromatic rings. The van der Waals surface area contributed by atoms with Crippen LogP contribution in [-0.4, -0.2) is 30.7 Å². The van der Waals surface area contributed by atoms with Crippen molar-refractivity contribution in [1.29, 1.82) is 0 Å². The van der Waals surface area contributed by atoms with E-state index in [0.717, 1.165) is 6.07 Å². The smallest absolute Gasteiger partial charge is 0.407 e. The van der Waals surface area contributed by atoms with E-state index in [0.29, 0.717) is 13.0 Å². The van der Waals surface area contributed by atoms with E-state index in [4.69, 9.17) is 4.74 Å². The predicted molar refractivity (Wildman–Crippen MR) is 77.5 cm³/mol. The third kappa shape index (κ3) is 6.07. The number of amides is 2. The third-order valence-electron chi connectivity index (χ3n) is 2.50. The first-order chi connectivity index (χ1) is 10.2. The molecular formula is C15H20F2N2O3. The van der Waals surface area contributed by atoms with Gasteiger partial charge in [-0.15, -0.1) is 0 Å². The predicted octanol–water partition coefficient (Wildman–Crippen LogP) is 2.61. The molecule has 1 rings (SSSR count). The summed E-state index contributed by atoms with van der Waals surface area (Å²) in [6.07, 6.45) is -0.114. The topological polar surface area (TPSA) is 67.4 Å². The Labute approximate surface area is 128 Å². The van der Waals surface area contributed by atoms with Crippen molar-refractivity contribution in [2.75, 3.05) is 13.1 Å². The number of hydrogen-bond acceptors (Lipinski definition) is 3. The number of carbonyl (C=O) groups excluding carboxylic acids is 2. The van der Waals surface area contributed by atoms with E-state index >= 15 is 0 Å². The number of hydrogen-bond donors (Lipinski definition) is 2. The van der Waals surface area contributed by atoms with Crippen molar-refractivity contribution in [3.63, 3.8) is 0 Å². The lowest BCUT2D eigenvalue weighted by atomic mass is 10.2. The molecule has 2 amide bonds. The van der Waals surface area contributed by atoms with Gasteiger partial charge >= 0.3 is 6.09 Å². The molecule has 0 atom stereocenters.